The summed E-state index contributed by atoms with van der Waals surface area (Å²) in [5, 5.41) is 23.6. The molecule has 3 rings (SSSR count). The maximum absolute atomic E-state index is 12.1. The zero-order valence-electron chi connectivity index (χ0n) is 15.6. The number of benzene rings is 1. The van der Waals surface area contributed by atoms with Gasteiger partial charge in [-0.15, -0.1) is 0 Å². The van der Waals surface area contributed by atoms with Crippen LogP contribution in [0.2, 0.25) is 0 Å². The van der Waals surface area contributed by atoms with Crippen LogP contribution < -0.4 is 26.8 Å². The topological polar surface area (TPSA) is 178 Å². The molecule has 0 spiro atoms. The molecular weight excluding hydrogens is 374 g/mol. The Hall–Kier alpha value is -4.51. The van der Waals surface area contributed by atoms with Crippen LogP contribution >= 0.6 is 0 Å². The lowest BCUT2D eigenvalue weighted by molar-refractivity contribution is 0.171. The minimum atomic E-state index is -0.812. The van der Waals surface area contributed by atoms with Crippen LogP contribution in [-0.2, 0) is 0 Å². The van der Waals surface area contributed by atoms with Gasteiger partial charge in [0.25, 0.3) is 0 Å². The van der Waals surface area contributed by atoms with Crippen molar-refractivity contribution in [3.63, 3.8) is 0 Å². The Morgan fingerprint density at radius 1 is 1.31 bits per heavy atom. The lowest BCUT2D eigenvalue weighted by atomic mass is 9.94. The van der Waals surface area contributed by atoms with Crippen LogP contribution in [0.1, 0.15) is 22.7 Å². The highest BCUT2D eigenvalue weighted by molar-refractivity contribution is 5.98. The van der Waals surface area contributed by atoms with Crippen LogP contribution in [0.4, 0.5) is 22.1 Å². The van der Waals surface area contributed by atoms with Crippen molar-refractivity contribution in [2.75, 3.05) is 30.9 Å². The van der Waals surface area contributed by atoms with Gasteiger partial charge in [0.15, 0.2) is 6.19 Å². The van der Waals surface area contributed by atoms with E-state index in [9.17, 15) is 10.1 Å². The van der Waals surface area contributed by atoms with Crippen molar-refractivity contribution in [1.29, 1.82) is 10.5 Å². The van der Waals surface area contributed by atoms with Crippen molar-refractivity contribution in [3.8, 4) is 18.0 Å². The van der Waals surface area contributed by atoms with Crippen LogP contribution in [0.5, 0.6) is 5.75 Å². The highest BCUT2D eigenvalue weighted by Crippen LogP contribution is 2.43. The largest absolute Gasteiger partial charge is 0.414 e. The number of anilines is 3. The van der Waals surface area contributed by atoms with E-state index < -0.39 is 12.1 Å². The number of fused-ring (bicyclic) bond motifs is 1. The van der Waals surface area contributed by atoms with Crippen molar-refractivity contribution >= 4 is 29.4 Å². The van der Waals surface area contributed by atoms with Crippen molar-refractivity contribution < 1.29 is 9.53 Å². The summed E-state index contributed by atoms with van der Waals surface area (Å²) in [4.78, 5) is 22.0. The maximum Gasteiger partial charge on any atom is 0.414 e. The maximum atomic E-state index is 12.1. The lowest BCUT2D eigenvalue weighted by Gasteiger charge is -2.27. The van der Waals surface area contributed by atoms with E-state index in [4.69, 9.17) is 21.5 Å². The molecule has 6 N–H and O–H groups in total. The summed E-state index contributed by atoms with van der Waals surface area (Å²) in [5.74, 6) is 0.541. The molecule has 1 aliphatic rings. The first-order chi connectivity index (χ1) is 13.9. The van der Waals surface area contributed by atoms with E-state index in [1.807, 2.05) is 6.07 Å². The van der Waals surface area contributed by atoms with Crippen LogP contribution in [0.3, 0.4) is 0 Å². The van der Waals surface area contributed by atoms with Crippen molar-refractivity contribution in [1.82, 2.24) is 15.2 Å². The molecule has 146 valence electrons. The van der Waals surface area contributed by atoms with Crippen LogP contribution in [0, 0.1) is 22.8 Å². The molecule has 0 saturated carbocycles. The van der Waals surface area contributed by atoms with Gasteiger partial charge in [-0.2, -0.15) is 10.5 Å². The molecule has 11 heteroatoms. The van der Waals surface area contributed by atoms with E-state index in [0.29, 0.717) is 11.1 Å². The minimum absolute atomic E-state index is 0.0187. The summed E-state index contributed by atoms with van der Waals surface area (Å²) in [6.45, 7) is 0. The second-order valence-electron chi connectivity index (χ2n) is 6.20. The highest BCUT2D eigenvalue weighted by Gasteiger charge is 2.31. The second-order valence-corrected chi connectivity index (χ2v) is 6.20. The number of guanidine groups is 1. The summed E-state index contributed by atoms with van der Waals surface area (Å²) in [5.41, 5.74) is 13.0. The average molecular weight is 391 g/mol. The molecule has 2 heterocycles. The fraction of sp³-hybridized carbons (Fsp3) is 0.167. The van der Waals surface area contributed by atoms with Crippen molar-refractivity contribution in [2.24, 2.45) is 4.99 Å². The fourth-order valence-corrected chi connectivity index (χ4v) is 2.79. The number of pyridine rings is 1. The fourth-order valence-electron chi connectivity index (χ4n) is 2.79. The van der Waals surface area contributed by atoms with Crippen LogP contribution in [-0.4, -0.2) is 36.0 Å². The summed E-state index contributed by atoms with van der Waals surface area (Å²) in [7, 11) is 3.11. The van der Waals surface area contributed by atoms with E-state index >= 15 is 0 Å². The smallest absolute Gasteiger partial charge is 0.410 e. The van der Waals surface area contributed by atoms with Gasteiger partial charge in [-0.05, 0) is 6.07 Å². The number of carbonyl (C=O) groups excluding carboxylic acids is 1. The first kappa shape index (κ1) is 19.3. The molecule has 29 heavy (non-hydrogen) atoms. The molecule has 1 atom stereocenters. The molecule has 11 nitrogen and oxygen atoms in total. The standard InChI is InChI=1S/C18H17N9O2/c1-27(2)18(28)29-11-6-4-3-5-9(11)14-12-13(21)10(7-19)15(22)25-16(12)26-17(24-14)23-8-20/h3-6,14H,1-2H3,(H6,21,22,23,24,25,26). The van der Waals surface area contributed by atoms with E-state index in [-0.39, 0.29) is 34.6 Å². The molecule has 1 unspecified atom stereocenters. The first-order valence-electron chi connectivity index (χ1n) is 8.34. The average Bonchev–Trinajstić information content (AvgIpc) is 2.68. The number of hydrogen-bond acceptors (Lipinski definition) is 10. The van der Waals surface area contributed by atoms with Gasteiger partial charge in [-0.1, -0.05) is 18.2 Å². The van der Waals surface area contributed by atoms with Gasteiger partial charge in [0, 0.05) is 25.2 Å². The molecule has 0 radical (unpaired) electrons. The van der Waals surface area contributed by atoms with Crippen molar-refractivity contribution in [2.45, 2.75) is 6.04 Å². The number of nitrogens with zero attached hydrogens (tertiary/aromatic N) is 5. The number of ether oxygens (including phenoxy) is 1. The Morgan fingerprint density at radius 2 is 2.03 bits per heavy atom. The van der Waals surface area contributed by atoms with Gasteiger partial charge in [-0.3, -0.25) is 5.32 Å². The number of aliphatic imine (C=N–C) groups is 1. The van der Waals surface area contributed by atoms with E-state index in [1.54, 1.807) is 44.6 Å². The zero-order chi connectivity index (χ0) is 21.1. The van der Waals surface area contributed by atoms with Gasteiger partial charge < -0.3 is 26.4 Å². The number of nitrogens with two attached hydrogens (primary N) is 2. The predicted octanol–water partition coefficient (Wildman–Crippen LogP) is 1.12. The Morgan fingerprint density at radius 3 is 2.69 bits per heavy atom. The number of hydrogen-bond donors (Lipinski definition) is 4. The summed E-state index contributed by atoms with van der Waals surface area (Å²) in [6.07, 6.45) is 1.20. The van der Waals surface area contributed by atoms with Gasteiger partial charge in [-0.25, -0.2) is 14.8 Å². The minimum Gasteiger partial charge on any atom is -0.410 e. The number of aromatic nitrogens is 1. The Labute approximate surface area is 166 Å². The van der Waals surface area contributed by atoms with Gasteiger partial charge >= 0.3 is 6.09 Å². The van der Waals surface area contributed by atoms with E-state index in [0.717, 1.165) is 0 Å². The molecule has 1 aliphatic heterocycles. The number of para-hydroxylation sites is 1. The van der Waals surface area contributed by atoms with Gasteiger partial charge in [0.2, 0.25) is 5.96 Å². The normalized spacial score (nSPS) is 14.3. The molecule has 0 bridgehead atoms. The van der Waals surface area contributed by atoms with E-state index in [1.165, 1.54) is 4.90 Å². The van der Waals surface area contributed by atoms with Crippen LogP contribution in [0.15, 0.2) is 29.3 Å². The third-order valence-electron chi connectivity index (χ3n) is 4.13. The third kappa shape index (κ3) is 3.52. The molecule has 1 amide bonds. The summed E-state index contributed by atoms with van der Waals surface area (Å²) < 4.78 is 5.45. The molecule has 0 saturated heterocycles. The van der Waals surface area contributed by atoms with E-state index in [2.05, 4.69) is 20.6 Å². The SMILES string of the molecule is CN(C)C(=O)Oc1ccccc1C1N=C(NC#N)Nc2nc(N)c(C#N)c(N)c21. The first-order valence-corrected chi connectivity index (χ1v) is 8.34. The lowest BCUT2D eigenvalue weighted by Crippen LogP contribution is -2.33. The number of carbonyl (C=O) groups is 1. The zero-order valence-corrected chi connectivity index (χ0v) is 15.6. The third-order valence-corrected chi connectivity index (χ3v) is 4.13. The number of nitrogen functional groups attached to an aromatic ring is 2. The molecule has 1 aromatic carbocycles. The molecule has 0 aliphatic carbocycles. The predicted molar refractivity (Wildman–Crippen MR) is 106 cm³/mol. The van der Waals surface area contributed by atoms with Gasteiger partial charge in [0.1, 0.15) is 35.1 Å². The number of amides is 1. The Kier molecular flexibility index (Phi) is 5.06. The van der Waals surface area contributed by atoms with Crippen LogP contribution in [0.25, 0.3) is 0 Å². The Balaban J connectivity index is 2.21. The number of nitrogens with one attached hydrogen (secondary N) is 2. The summed E-state index contributed by atoms with van der Waals surface area (Å²) >= 11 is 0. The molecule has 1 aromatic heterocycles. The van der Waals surface area contributed by atoms with Gasteiger partial charge in [0.05, 0.1) is 5.69 Å². The summed E-state index contributed by atoms with van der Waals surface area (Å²) in [6, 6.07) is 7.87. The molecule has 0 fully saturated rings. The second kappa shape index (κ2) is 7.62. The molecular formula is C18H17N9O2. The highest BCUT2D eigenvalue weighted by atomic mass is 16.6. The Bertz CT molecular complexity index is 1100. The van der Waals surface area contributed by atoms with Crippen molar-refractivity contribution in [3.05, 3.63) is 41.0 Å². The number of rotatable bonds is 2. The molecule has 2 aromatic rings. The number of nitriles is 2. The monoisotopic (exact) mass is 391 g/mol. The quantitative estimate of drug-likeness (QED) is 0.431.